The molecule has 2 aromatic carbocycles. The number of rotatable bonds is 10. The van der Waals surface area contributed by atoms with Gasteiger partial charge < -0.3 is 19.7 Å². The standard InChI is InChI=1S/C19H25NO4/c1-23-18-7-9-19(10-8-18)24-15-17(22)14-20(11-12-21)13-16-5-3-2-4-6-16/h2-10,17,21-22H,11-15H2,1H3/t17-/m0/s1. The van der Waals surface area contributed by atoms with Crippen molar-refractivity contribution in [1.29, 1.82) is 0 Å². The highest BCUT2D eigenvalue weighted by molar-refractivity contribution is 5.31. The molecule has 0 amide bonds. The van der Waals surface area contributed by atoms with Crippen LogP contribution in [0.1, 0.15) is 5.56 Å². The zero-order valence-electron chi connectivity index (χ0n) is 14.0. The van der Waals surface area contributed by atoms with E-state index >= 15 is 0 Å². The summed E-state index contributed by atoms with van der Waals surface area (Å²) in [5, 5.41) is 19.4. The second-order valence-corrected chi connectivity index (χ2v) is 5.58. The first kappa shape index (κ1) is 18.3. The zero-order chi connectivity index (χ0) is 17.2. The minimum atomic E-state index is -0.637. The van der Waals surface area contributed by atoms with Crippen molar-refractivity contribution >= 4 is 0 Å². The molecule has 2 aromatic rings. The Morgan fingerprint density at radius 3 is 2.29 bits per heavy atom. The summed E-state index contributed by atoms with van der Waals surface area (Å²) in [6.07, 6.45) is -0.637. The molecule has 5 nitrogen and oxygen atoms in total. The van der Waals surface area contributed by atoms with Gasteiger partial charge in [0.25, 0.3) is 0 Å². The van der Waals surface area contributed by atoms with E-state index in [2.05, 4.69) is 0 Å². The molecule has 0 bridgehead atoms. The lowest BCUT2D eigenvalue weighted by molar-refractivity contribution is 0.0590. The average Bonchev–Trinajstić information content (AvgIpc) is 2.61. The second kappa shape index (κ2) is 9.93. The van der Waals surface area contributed by atoms with E-state index in [0.717, 1.165) is 11.3 Å². The molecule has 0 aliphatic rings. The number of aliphatic hydroxyl groups excluding tert-OH is 2. The van der Waals surface area contributed by atoms with E-state index in [9.17, 15) is 10.2 Å². The molecule has 5 heteroatoms. The largest absolute Gasteiger partial charge is 0.497 e. The van der Waals surface area contributed by atoms with Crippen molar-refractivity contribution in [3.63, 3.8) is 0 Å². The average molecular weight is 331 g/mol. The van der Waals surface area contributed by atoms with Gasteiger partial charge in [-0.1, -0.05) is 30.3 Å². The molecule has 0 fully saturated rings. The third kappa shape index (κ3) is 6.20. The van der Waals surface area contributed by atoms with Crippen LogP contribution < -0.4 is 9.47 Å². The van der Waals surface area contributed by atoms with Crippen LogP contribution in [-0.4, -0.2) is 54.6 Å². The van der Waals surface area contributed by atoms with Crippen LogP contribution in [0, 0.1) is 0 Å². The van der Waals surface area contributed by atoms with Crippen molar-refractivity contribution < 1.29 is 19.7 Å². The monoisotopic (exact) mass is 331 g/mol. The van der Waals surface area contributed by atoms with E-state index in [1.807, 2.05) is 47.4 Å². The lowest BCUT2D eigenvalue weighted by Crippen LogP contribution is -2.37. The number of benzene rings is 2. The van der Waals surface area contributed by atoms with Gasteiger partial charge in [-0.15, -0.1) is 0 Å². The molecule has 2 N–H and O–H groups in total. The number of methoxy groups -OCH3 is 1. The maximum absolute atomic E-state index is 10.2. The lowest BCUT2D eigenvalue weighted by atomic mass is 10.2. The Kier molecular flexibility index (Phi) is 7.55. The van der Waals surface area contributed by atoms with Crippen molar-refractivity contribution in [3.8, 4) is 11.5 Å². The van der Waals surface area contributed by atoms with E-state index in [4.69, 9.17) is 9.47 Å². The fraction of sp³-hybridized carbons (Fsp3) is 0.368. The number of hydrogen-bond donors (Lipinski definition) is 2. The molecule has 0 saturated carbocycles. The first-order valence-electron chi connectivity index (χ1n) is 8.03. The van der Waals surface area contributed by atoms with Crippen LogP contribution in [-0.2, 0) is 6.54 Å². The van der Waals surface area contributed by atoms with Crippen LogP contribution in [0.15, 0.2) is 54.6 Å². The van der Waals surface area contributed by atoms with Crippen LogP contribution in [0.4, 0.5) is 0 Å². The SMILES string of the molecule is COc1ccc(OC[C@@H](O)CN(CCO)Cc2ccccc2)cc1. The molecule has 0 aromatic heterocycles. The topological polar surface area (TPSA) is 62.2 Å². The Labute approximate surface area is 143 Å². The Morgan fingerprint density at radius 2 is 1.67 bits per heavy atom. The Hall–Kier alpha value is -2.08. The minimum Gasteiger partial charge on any atom is -0.497 e. The van der Waals surface area contributed by atoms with Gasteiger partial charge in [-0.25, -0.2) is 0 Å². The van der Waals surface area contributed by atoms with Crippen molar-refractivity contribution in [2.24, 2.45) is 0 Å². The van der Waals surface area contributed by atoms with Gasteiger partial charge in [0.15, 0.2) is 0 Å². The van der Waals surface area contributed by atoms with E-state index in [1.165, 1.54) is 0 Å². The van der Waals surface area contributed by atoms with Gasteiger partial charge in [-0.3, -0.25) is 4.90 Å². The third-order valence-electron chi connectivity index (χ3n) is 3.64. The molecule has 0 unspecified atom stereocenters. The molecule has 2 rings (SSSR count). The number of nitrogens with zero attached hydrogens (tertiary/aromatic N) is 1. The first-order chi connectivity index (χ1) is 11.7. The molecule has 0 heterocycles. The summed E-state index contributed by atoms with van der Waals surface area (Å²) in [6, 6.07) is 17.2. The quantitative estimate of drug-likeness (QED) is 0.697. The number of ether oxygens (including phenoxy) is 2. The first-order valence-corrected chi connectivity index (χ1v) is 8.03. The van der Waals surface area contributed by atoms with Gasteiger partial charge in [0.2, 0.25) is 0 Å². The van der Waals surface area contributed by atoms with E-state index < -0.39 is 6.10 Å². The molecule has 1 atom stereocenters. The molecular formula is C19H25NO4. The number of aliphatic hydroxyl groups is 2. The molecule has 130 valence electrons. The highest BCUT2D eigenvalue weighted by Gasteiger charge is 2.13. The Balaban J connectivity index is 1.82. The van der Waals surface area contributed by atoms with Crippen molar-refractivity contribution in [3.05, 3.63) is 60.2 Å². The van der Waals surface area contributed by atoms with Gasteiger partial charge in [0, 0.05) is 19.6 Å². The van der Waals surface area contributed by atoms with E-state index in [0.29, 0.717) is 25.4 Å². The molecule has 24 heavy (non-hydrogen) atoms. The predicted octanol–water partition coefficient (Wildman–Crippen LogP) is 1.93. The van der Waals surface area contributed by atoms with Gasteiger partial charge in [0.1, 0.15) is 24.2 Å². The van der Waals surface area contributed by atoms with E-state index in [1.54, 1.807) is 19.2 Å². The van der Waals surface area contributed by atoms with Crippen LogP contribution in [0.3, 0.4) is 0 Å². The Bertz CT molecular complexity index is 574. The van der Waals surface area contributed by atoms with Crippen molar-refractivity contribution in [2.75, 3.05) is 33.4 Å². The molecule has 0 aliphatic carbocycles. The fourth-order valence-electron chi connectivity index (χ4n) is 2.43. The zero-order valence-corrected chi connectivity index (χ0v) is 14.0. The summed E-state index contributed by atoms with van der Waals surface area (Å²) in [5.74, 6) is 1.45. The van der Waals surface area contributed by atoms with Crippen molar-refractivity contribution in [1.82, 2.24) is 4.90 Å². The van der Waals surface area contributed by atoms with Gasteiger partial charge in [-0.2, -0.15) is 0 Å². The maximum Gasteiger partial charge on any atom is 0.119 e. The van der Waals surface area contributed by atoms with Crippen LogP contribution >= 0.6 is 0 Å². The van der Waals surface area contributed by atoms with Gasteiger partial charge in [-0.05, 0) is 29.8 Å². The molecule has 0 aliphatic heterocycles. The molecule has 0 spiro atoms. The minimum absolute atomic E-state index is 0.0545. The molecule has 0 saturated heterocycles. The molecular weight excluding hydrogens is 306 g/mol. The predicted molar refractivity (Wildman–Crippen MR) is 93.3 cm³/mol. The summed E-state index contributed by atoms with van der Waals surface area (Å²) in [5.41, 5.74) is 1.15. The van der Waals surface area contributed by atoms with Crippen molar-refractivity contribution in [2.45, 2.75) is 12.6 Å². The van der Waals surface area contributed by atoms with Crippen LogP contribution in [0.25, 0.3) is 0 Å². The normalized spacial score (nSPS) is 12.2. The van der Waals surface area contributed by atoms with Crippen LogP contribution in [0.5, 0.6) is 11.5 Å². The lowest BCUT2D eigenvalue weighted by Gasteiger charge is -2.24. The second-order valence-electron chi connectivity index (χ2n) is 5.58. The number of hydrogen-bond acceptors (Lipinski definition) is 5. The summed E-state index contributed by atoms with van der Waals surface area (Å²) >= 11 is 0. The Morgan fingerprint density at radius 1 is 1.00 bits per heavy atom. The fourth-order valence-corrected chi connectivity index (χ4v) is 2.43. The highest BCUT2D eigenvalue weighted by Crippen LogP contribution is 2.17. The molecule has 0 radical (unpaired) electrons. The third-order valence-corrected chi connectivity index (χ3v) is 3.64. The maximum atomic E-state index is 10.2. The summed E-state index contributed by atoms with van der Waals surface area (Å²) in [7, 11) is 1.61. The highest BCUT2D eigenvalue weighted by atomic mass is 16.5. The van der Waals surface area contributed by atoms with Gasteiger partial charge >= 0.3 is 0 Å². The smallest absolute Gasteiger partial charge is 0.119 e. The summed E-state index contributed by atoms with van der Waals surface area (Å²) in [4.78, 5) is 2.01. The summed E-state index contributed by atoms with van der Waals surface area (Å²) in [6.45, 7) is 1.88. The summed E-state index contributed by atoms with van der Waals surface area (Å²) < 4.78 is 10.7. The van der Waals surface area contributed by atoms with Crippen LogP contribution in [0.2, 0.25) is 0 Å². The van der Waals surface area contributed by atoms with E-state index in [-0.39, 0.29) is 13.2 Å². The van der Waals surface area contributed by atoms with Gasteiger partial charge in [0.05, 0.1) is 13.7 Å².